The molecule has 4 heterocycles. The molecule has 2 saturated heterocycles. The molecule has 5 aromatic rings. The number of nitrogens with one attached hydrogen (secondary N) is 3. The number of alkyl carbamates (subject to hydrolysis) is 1. The number of rotatable bonds is 9. The fourth-order valence-electron chi connectivity index (χ4n) is 7.05. The molecule has 4 amide bonds. The molecular formula is C39H43N9O6. The number of aromatic nitrogens is 4. The largest absolute Gasteiger partial charge is 0.465 e. The van der Waals surface area contributed by atoms with E-state index in [4.69, 9.17) is 20.4 Å². The van der Waals surface area contributed by atoms with Gasteiger partial charge in [0.25, 0.3) is 5.91 Å². The molecule has 2 aromatic heterocycles. The van der Waals surface area contributed by atoms with E-state index in [1.54, 1.807) is 11.1 Å². The number of carbonyl (C=O) groups is 4. The first-order valence-electron chi connectivity index (χ1n) is 17.7. The fourth-order valence-corrected chi connectivity index (χ4v) is 7.05. The van der Waals surface area contributed by atoms with E-state index in [9.17, 15) is 14.4 Å². The summed E-state index contributed by atoms with van der Waals surface area (Å²) in [5.74, 6) is 1.25. The number of primary amides is 1. The van der Waals surface area contributed by atoms with Crippen LogP contribution in [0.1, 0.15) is 61.0 Å². The smallest absolute Gasteiger partial charge is 0.407 e. The zero-order valence-corrected chi connectivity index (χ0v) is 29.8. The van der Waals surface area contributed by atoms with Crippen molar-refractivity contribution in [3.63, 3.8) is 0 Å². The van der Waals surface area contributed by atoms with Gasteiger partial charge in [0, 0.05) is 13.1 Å². The van der Waals surface area contributed by atoms with Crippen LogP contribution in [-0.4, -0.2) is 85.6 Å². The molecule has 0 spiro atoms. The number of ether oxygens (including phenoxy) is 1. The van der Waals surface area contributed by atoms with E-state index in [-0.39, 0.29) is 30.4 Å². The summed E-state index contributed by atoms with van der Waals surface area (Å²) in [4.78, 5) is 66.8. The molecule has 0 aliphatic carbocycles. The third kappa shape index (κ3) is 8.42. The number of hydrogen-bond donors (Lipinski definition) is 6. The summed E-state index contributed by atoms with van der Waals surface area (Å²) in [5.41, 5.74) is 16.2. The van der Waals surface area contributed by atoms with Gasteiger partial charge in [0.15, 0.2) is 0 Å². The number of aromatic amines is 2. The Balaban J connectivity index is 0.00000119. The summed E-state index contributed by atoms with van der Waals surface area (Å²) in [6, 6.07) is 24.6. The Morgan fingerprint density at radius 1 is 0.796 bits per heavy atom. The van der Waals surface area contributed by atoms with Gasteiger partial charge >= 0.3 is 12.2 Å². The molecule has 0 saturated carbocycles. The fraction of sp³-hybridized carbons (Fsp3) is 0.282. The predicted molar refractivity (Wildman–Crippen MR) is 200 cm³/mol. The average Bonchev–Trinajstić information content (AvgIpc) is 4.03. The monoisotopic (exact) mass is 733 g/mol. The number of nitrogens with two attached hydrogens (primary N) is 2. The van der Waals surface area contributed by atoms with E-state index in [0.29, 0.717) is 24.5 Å². The Hall–Kier alpha value is -6.48. The number of likely N-dealkylation sites (tertiary alicyclic amines) is 2. The number of imidazole rings is 2. The number of methoxy groups -OCH3 is 1. The molecule has 2 aliphatic heterocycles. The van der Waals surface area contributed by atoms with Crippen molar-refractivity contribution < 1.29 is 29.0 Å². The summed E-state index contributed by atoms with van der Waals surface area (Å²) >= 11 is 0. The molecule has 2 aliphatic rings. The minimum Gasteiger partial charge on any atom is -0.465 e. The first-order valence-corrected chi connectivity index (χ1v) is 17.7. The van der Waals surface area contributed by atoms with Crippen molar-refractivity contribution in [2.75, 3.05) is 26.7 Å². The number of nitrogens with zero attached hydrogens (tertiary/aromatic N) is 4. The van der Waals surface area contributed by atoms with Gasteiger partial charge in [-0.2, -0.15) is 0 Å². The predicted octanol–water partition coefficient (Wildman–Crippen LogP) is 5.14. The van der Waals surface area contributed by atoms with Crippen LogP contribution in [0.5, 0.6) is 0 Å². The minimum atomic E-state index is -1.33. The van der Waals surface area contributed by atoms with Gasteiger partial charge in [-0.25, -0.2) is 19.6 Å². The number of H-pyrrole nitrogens is 2. The molecule has 0 unspecified atom stereocenters. The van der Waals surface area contributed by atoms with Gasteiger partial charge in [-0.1, -0.05) is 78.9 Å². The number of amides is 4. The molecule has 3 aromatic carbocycles. The number of carboxylic acid groups (broad SMARTS) is 1. The van der Waals surface area contributed by atoms with Gasteiger partial charge < -0.3 is 46.4 Å². The summed E-state index contributed by atoms with van der Waals surface area (Å²) in [6.45, 7) is 1.28. The first kappa shape index (κ1) is 37.3. The highest BCUT2D eigenvalue weighted by atomic mass is 16.5. The lowest BCUT2D eigenvalue weighted by Gasteiger charge is -2.28. The van der Waals surface area contributed by atoms with Crippen molar-refractivity contribution in [1.29, 1.82) is 0 Å². The topological polar surface area (TPSA) is 226 Å². The second-order valence-electron chi connectivity index (χ2n) is 13.0. The van der Waals surface area contributed by atoms with E-state index in [2.05, 4.69) is 79.5 Å². The van der Waals surface area contributed by atoms with Crippen LogP contribution >= 0.6 is 0 Å². The van der Waals surface area contributed by atoms with Gasteiger partial charge in [-0.05, 0) is 53.5 Å². The van der Waals surface area contributed by atoms with Crippen molar-refractivity contribution in [3.8, 4) is 33.6 Å². The second-order valence-corrected chi connectivity index (χ2v) is 13.0. The number of carbonyl (C=O) groups excluding carboxylic acids is 3. The van der Waals surface area contributed by atoms with E-state index in [1.807, 2.05) is 41.4 Å². The quantitative estimate of drug-likeness (QED) is 0.118. The van der Waals surface area contributed by atoms with Crippen LogP contribution in [0.2, 0.25) is 0 Å². The molecule has 8 N–H and O–H groups in total. The second kappa shape index (κ2) is 16.9. The normalized spacial score (nSPS) is 17.0. The summed E-state index contributed by atoms with van der Waals surface area (Å²) in [5, 5.41) is 9.90. The molecule has 15 nitrogen and oxygen atoms in total. The summed E-state index contributed by atoms with van der Waals surface area (Å²) in [7, 11) is 1.28. The minimum absolute atomic E-state index is 0.00564. The maximum atomic E-state index is 13.8. The molecule has 7 rings (SSSR count). The van der Waals surface area contributed by atoms with Gasteiger partial charge in [-0.15, -0.1) is 0 Å². The number of benzene rings is 3. The van der Waals surface area contributed by atoms with Crippen LogP contribution in [-0.2, 0) is 14.3 Å². The van der Waals surface area contributed by atoms with Crippen LogP contribution in [0.3, 0.4) is 0 Å². The molecule has 2 fully saturated rings. The molecular weight excluding hydrogens is 690 g/mol. The third-order valence-corrected chi connectivity index (χ3v) is 9.66. The molecule has 3 atom stereocenters. The van der Waals surface area contributed by atoms with Crippen LogP contribution in [0.15, 0.2) is 91.3 Å². The Morgan fingerprint density at radius 3 is 1.74 bits per heavy atom. The lowest BCUT2D eigenvalue weighted by molar-refractivity contribution is -0.134. The summed E-state index contributed by atoms with van der Waals surface area (Å²) < 4.78 is 4.81. The van der Waals surface area contributed by atoms with Gasteiger partial charge in [0.2, 0.25) is 5.91 Å². The highest BCUT2D eigenvalue weighted by Gasteiger charge is 2.37. The third-order valence-electron chi connectivity index (χ3n) is 9.66. The van der Waals surface area contributed by atoms with Crippen LogP contribution in [0.4, 0.5) is 9.59 Å². The lowest BCUT2D eigenvalue weighted by Crippen LogP contribution is -2.42. The summed E-state index contributed by atoms with van der Waals surface area (Å²) in [6.07, 6.45) is 5.03. The SMILES string of the molecule is COC(=O)N[C@@H](C(=O)N1CCC[C@H]1c1ncc(-c2ccc(-c3ccc(-c4cnc([C@@H]5CCCN5C(=O)CN)[nH]4)cc3)cc2)[nH]1)c1ccccc1.NC(=O)O. The zero-order chi connectivity index (χ0) is 38.2. The maximum Gasteiger partial charge on any atom is 0.407 e. The van der Waals surface area contributed by atoms with Crippen molar-refractivity contribution in [3.05, 3.63) is 108 Å². The van der Waals surface area contributed by atoms with Gasteiger partial charge in [-0.3, -0.25) is 9.59 Å². The molecule has 15 heteroatoms. The highest BCUT2D eigenvalue weighted by molar-refractivity contribution is 5.87. The highest BCUT2D eigenvalue weighted by Crippen LogP contribution is 2.35. The Bertz CT molecular complexity index is 2060. The Labute approximate surface area is 311 Å². The Kier molecular flexibility index (Phi) is 11.7. The standard InChI is InChI=1S/C38H40N8O4.CH3NO2/c1-50-38(49)44-34(28-7-3-2-4-8-28)37(48)46-20-6-10-32(46)36-41-23-30(43-36)27-17-13-25(14-18-27)24-11-15-26(16-12-24)29-22-40-35(42-29)31-9-5-19-45(31)33(47)21-39;2-1(3)4/h2-4,7-8,11-18,22-23,31-32,34H,5-6,9-10,19-21,39H2,1H3,(H,40,42)(H,41,43)(H,44,49);2H2,(H,3,4)/t31-,32-,34+;/m0./s1. The van der Waals surface area contributed by atoms with E-state index < -0.39 is 18.2 Å². The van der Waals surface area contributed by atoms with E-state index >= 15 is 0 Å². The zero-order valence-electron chi connectivity index (χ0n) is 29.8. The van der Waals surface area contributed by atoms with Crippen molar-refractivity contribution in [2.45, 2.75) is 43.8 Å². The van der Waals surface area contributed by atoms with Crippen molar-refractivity contribution in [1.82, 2.24) is 35.1 Å². The number of hydrogen-bond acceptors (Lipinski definition) is 8. The van der Waals surface area contributed by atoms with Crippen molar-refractivity contribution >= 4 is 24.0 Å². The van der Waals surface area contributed by atoms with Crippen LogP contribution < -0.4 is 16.8 Å². The van der Waals surface area contributed by atoms with Crippen LogP contribution in [0.25, 0.3) is 33.6 Å². The van der Waals surface area contributed by atoms with E-state index in [1.165, 1.54) is 7.11 Å². The average molecular weight is 734 g/mol. The first-order chi connectivity index (χ1) is 26.2. The van der Waals surface area contributed by atoms with E-state index in [0.717, 1.165) is 65.1 Å². The van der Waals surface area contributed by atoms with Crippen molar-refractivity contribution in [2.24, 2.45) is 11.5 Å². The molecule has 280 valence electrons. The lowest BCUT2D eigenvalue weighted by atomic mass is 10.0. The van der Waals surface area contributed by atoms with Gasteiger partial charge in [0.05, 0.1) is 49.5 Å². The molecule has 54 heavy (non-hydrogen) atoms. The molecule has 0 bridgehead atoms. The molecule has 0 radical (unpaired) electrons. The maximum absolute atomic E-state index is 13.8. The Morgan fingerprint density at radius 2 is 1.26 bits per heavy atom. The van der Waals surface area contributed by atoms with Gasteiger partial charge in [0.1, 0.15) is 17.7 Å². The van der Waals surface area contributed by atoms with Crippen LogP contribution in [0, 0.1) is 0 Å².